The van der Waals surface area contributed by atoms with E-state index in [1.54, 1.807) is 0 Å². The molecule has 3 fully saturated rings. The minimum Gasteiger partial charge on any atom is -0.481 e. The van der Waals surface area contributed by atoms with Gasteiger partial charge in [-0.05, 0) is 44.9 Å². The Hall–Kier alpha value is -0.810. The molecule has 2 heterocycles. The molecular formula is C16H27ClN2O3. The first kappa shape index (κ1) is 17.5. The van der Waals surface area contributed by atoms with Gasteiger partial charge in [0.1, 0.15) is 0 Å². The molecule has 6 heteroatoms. The van der Waals surface area contributed by atoms with Crippen LogP contribution in [0, 0.1) is 11.3 Å². The molecule has 1 N–H and O–H groups in total. The number of piperidine rings is 1. The number of amides is 1. The van der Waals surface area contributed by atoms with Gasteiger partial charge in [-0.15, -0.1) is 12.4 Å². The maximum absolute atomic E-state index is 12.5. The third-order valence-electron chi connectivity index (χ3n) is 5.85. The predicted octanol–water partition coefficient (Wildman–Crippen LogP) is 2.00. The van der Waals surface area contributed by atoms with Gasteiger partial charge >= 0.3 is 5.97 Å². The lowest BCUT2D eigenvalue weighted by atomic mass is 9.81. The van der Waals surface area contributed by atoms with Crippen LogP contribution in [-0.4, -0.2) is 59.0 Å². The number of hydrogen-bond acceptors (Lipinski definition) is 3. The number of halogens is 1. The molecule has 0 spiro atoms. The Kier molecular flexibility index (Phi) is 5.38. The van der Waals surface area contributed by atoms with Crippen LogP contribution < -0.4 is 0 Å². The monoisotopic (exact) mass is 330 g/mol. The molecule has 0 aromatic rings. The van der Waals surface area contributed by atoms with Crippen LogP contribution in [0.1, 0.15) is 45.4 Å². The molecule has 3 atom stereocenters. The zero-order valence-corrected chi connectivity index (χ0v) is 14.1. The number of rotatable bonds is 3. The number of carboxylic acids is 1. The zero-order valence-electron chi connectivity index (χ0n) is 13.3. The predicted molar refractivity (Wildman–Crippen MR) is 86.1 cm³/mol. The lowest BCUT2D eigenvalue weighted by Crippen LogP contribution is -2.47. The molecule has 1 aliphatic carbocycles. The van der Waals surface area contributed by atoms with Crippen LogP contribution in [0.3, 0.4) is 0 Å². The van der Waals surface area contributed by atoms with Crippen molar-refractivity contribution >= 4 is 24.3 Å². The van der Waals surface area contributed by atoms with Gasteiger partial charge in [0, 0.05) is 25.7 Å². The summed E-state index contributed by atoms with van der Waals surface area (Å²) in [7, 11) is 0. The maximum atomic E-state index is 12.5. The standard InChI is InChI=1S/C16H26N2O3.ClH/c1-12-5-2-3-8-18(12)14(19)10-17-9-13-6-4-7-16(13,11-17)15(20)21;/h12-13H,2-11H2,1H3,(H,20,21);1H/t12?,13-,16+;/m0./s1. The number of carboxylic acid groups (broad SMARTS) is 1. The van der Waals surface area contributed by atoms with Gasteiger partial charge in [0.25, 0.3) is 0 Å². The third-order valence-corrected chi connectivity index (χ3v) is 5.85. The van der Waals surface area contributed by atoms with E-state index in [2.05, 4.69) is 11.8 Å². The highest BCUT2D eigenvalue weighted by atomic mass is 35.5. The quantitative estimate of drug-likeness (QED) is 0.859. The summed E-state index contributed by atoms with van der Waals surface area (Å²) in [5.74, 6) is -0.240. The highest BCUT2D eigenvalue weighted by Gasteiger charge is 2.54. The van der Waals surface area contributed by atoms with E-state index in [-0.39, 0.29) is 24.2 Å². The number of carbonyl (C=O) groups excluding carboxylic acids is 1. The molecule has 2 aliphatic heterocycles. The Morgan fingerprint density at radius 3 is 2.64 bits per heavy atom. The smallest absolute Gasteiger partial charge is 0.311 e. The van der Waals surface area contributed by atoms with E-state index < -0.39 is 11.4 Å². The van der Waals surface area contributed by atoms with Crippen molar-refractivity contribution in [3.05, 3.63) is 0 Å². The number of fused-ring (bicyclic) bond motifs is 1. The first-order chi connectivity index (χ1) is 10.0. The Balaban J connectivity index is 0.00000176. The van der Waals surface area contributed by atoms with E-state index in [0.717, 1.165) is 45.2 Å². The fourth-order valence-corrected chi connectivity index (χ4v) is 4.61. The average Bonchev–Trinajstić information content (AvgIpc) is 2.96. The van der Waals surface area contributed by atoms with Crippen LogP contribution in [0.25, 0.3) is 0 Å². The molecule has 1 amide bonds. The molecule has 0 aromatic heterocycles. The number of likely N-dealkylation sites (tertiary alicyclic amines) is 2. The normalized spacial score (nSPS) is 35.0. The Labute approximate surface area is 138 Å². The van der Waals surface area contributed by atoms with Crippen molar-refractivity contribution in [2.75, 3.05) is 26.2 Å². The van der Waals surface area contributed by atoms with E-state index in [1.165, 1.54) is 6.42 Å². The van der Waals surface area contributed by atoms with Gasteiger partial charge in [0.05, 0.1) is 12.0 Å². The minimum absolute atomic E-state index is 0. The molecule has 126 valence electrons. The molecule has 0 bridgehead atoms. The number of hydrogen-bond donors (Lipinski definition) is 1. The van der Waals surface area contributed by atoms with Crippen molar-refractivity contribution in [1.29, 1.82) is 0 Å². The van der Waals surface area contributed by atoms with Crippen molar-refractivity contribution < 1.29 is 14.7 Å². The molecule has 0 radical (unpaired) electrons. The molecular weight excluding hydrogens is 304 g/mol. The average molecular weight is 331 g/mol. The second-order valence-corrected chi connectivity index (χ2v) is 7.15. The maximum Gasteiger partial charge on any atom is 0.311 e. The fraction of sp³-hybridized carbons (Fsp3) is 0.875. The topological polar surface area (TPSA) is 60.9 Å². The Morgan fingerprint density at radius 2 is 2.00 bits per heavy atom. The fourth-order valence-electron chi connectivity index (χ4n) is 4.61. The zero-order chi connectivity index (χ0) is 15.0. The van der Waals surface area contributed by atoms with E-state index in [9.17, 15) is 14.7 Å². The lowest BCUT2D eigenvalue weighted by molar-refractivity contribution is -0.149. The lowest BCUT2D eigenvalue weighted by Gasteiger charge is -2.34. The summed E-state index contributed by atoms with van der Waals surface area (Å²) in [6.45, 7) is 4.72. The summed E-state index contributed by atoms with van der Waals surface area (Å²) in [5.41, 5.74) is -0.576. The van der Waals surface area contributed by atoms with E-state index in [1.807, 2.05) is 4.90 Å². The molecule has 1 saturated carbocycles. The first-order valence-corrected chi connectivity index (χ1v) is 8.28. The van der Waals surface area contributed by atoms with Crippen LogP contribution in [0.5, 0.6) is 0 Å². The SMILES string of the molecule is CC1CCCCN1C(=O)CN1C[C@@H]2CCC[C@@]2(C(=O)O)C1.Cl. The van der Waals surface area contributed by atoms with Crippen molar-refractivity contribution in [2.45, 2.75) is 51.5 Å². The van der Waals surface area contributed by atoms with Crippen LogP contribution in [-0.2, 0) is 9.59 Å². The van der Waals surface area contributed by atoms with Crippen molar-refractivity contribution in [3.8, 4) is 0 Å². The Bertz CT molecular complexity index is 445. The molecule has 5 nitrogen and oxygen atoms in total. The third kappa shape index (κ3) is 2.98. The molecule has 2 saturated heterocycles. The second kappa shape index (κ2) is 6.75. The van der Waals surface area contributed by atoms with Crippen LogP contribution >= 0.6 is 12.4 Å². The van der Waals surface area contributed by atoms with Crippen molar-refractivity contribution in [3.63, 3.8) is 0 Å². The molecule has 0 aromatic carbocycles. The summed E-state index contributed by atoms with van der Waals surface area (Å²) in [6.07, 6.45) is 6.18. The number of nitrogens with zero attached hydrogens (tertiary/aromatic N) is 2. The number of aliphatic carboxylic acids is 1. The van der Waals surface area contributed by atoms with Crippen molar-refractivity contribution in [1.82, 2.24) is 9.80 Å². The highest BCUT2D eigenvalue weighted by Crippen LogP contribution is 2.48. The van der Waals surface area contributed by atoms with E-state index >= 15 is 0 Å². The van der Waals surface area contributed by atoms with E-state index in [4.69, 9.17) is 0 Å². The van der Waals surface area contributed by atoms with Crippen LogP contribution in [0.4, 0.5) is 0 Å². The minimum atomic E-state index is -0.661. The van der Waals surface area contributed by atoms with E-state index in [0.29, 0.717) is 19.1 Å². The second-order valence-electron chi connectivity index (χ2n) is 7.15. The van der Waals surface area contributed by atoms with Crippen molar-refractivity contribution in [2.24, 2.45) is 11.3 Å². The number of carbonyl (C=O) groups is 2. The summed E-state index contributed by atoms with van der Waals surface area (Å²) in [4.78, 5) is 28.2. The molecule has 1 unspecified atom stereocenters. The van der Waals surface area contributed by atoms with Gasteiger partial charge < -0.3 is 10.0 Å². The highest BCUT2D eigenvalue weighted by molar-refractivity contribution is 5.85. The van der Waals surface area contributed by atoms with Crippen LogP contribution in [0.15, 0.2) is 0 Å². The largest absolute Gasteiger partial charge is 0.481 e. The summed E-state index contributed by atoms with van der Waals surface area (Å²) < 4.78 is 0. The van der Waals surface area contributed by atoms with Gasteiger partial charge in [-0.1, -0.05) is 6.42 Å². The summed E-state index contributed by atoms with van der Waals surface area (Å²) >= 11 is 0. The molecule has 3 rings (SSSR count). The Morgan fingerprint density at radius 1 is 1.23 bits per heavy atom. The molecule has 3 aliphatic rings. The van der Waals surface area contributed by atoms with Gasteiger partial charge in [0.2, 0.25) is 5.91 Å². The van der Waals surface area contributed by atoms with Gasteiger partial charge in [-0.2, -0.15) is 0 Å². The van der Waals surface area contributed by atoms with Gasteiger partial charge in [-0.25, -0.2) is 0 Å². The summed E-state index contributed by atoms with van der Waals surface area (Å²) in [6, 6.07) is 0.335. The first-order valence-electron chi connectivity index (χ1n) is 8.28. The van der Waals surface area contributed by atoms with Crippen LogP contribution in [0.2, 0.25) is 0 Å². The molecule has 22 heavy (non-hydrogen) atoms. The van der Waals surface area contributed by atoms with Gasteiger partial charge in [-0.3, -0.25) is 14.5 Å². The van der Waals surface area contributed by atoms with Gasteiger partial charge in [0.15, 0.2) is 0 Å². The summed E-state index contributed by atoms with van der Waals surface area (Å²) in [5, 5.41) is 9.59.